The van der Waals surface area contributed by atoms with Crippen molar-refractivity contribution in [1.82, 2.24) is 4.90 Å². The molecule has 0 atom stereocenters. The highest BCUT2D eigenvalue weighted by Crippen LogP contribution is 2.21. The van der Waals surface area contributed by atoms with Gasteiger partial charge in [-0.15, -0.1) is 0 Å². The lowest BCUT2D eigenvalue weighted by Gasteiger charge is -2.31. The summed E-state index contributed by atoms with van der Waals surface area (Å²) < 4.78 is 13.0. The monoisotopic (exact) mass is 250 g/mol. The highest BCUT2D eigenvalue weighted by Gasteiger charge is 2.17. The van der Waals surface area contributed by atoms with Crippen LogP contribution in [0.3, 0.4) is 0 Å². The van der Waals surface area contributed by atoms with Gasteiger partial charge in [-0.3, -0.25) is 0 Å². The van der Waals surface area contributed by atoms with Gasteiger partial charge < -0.3 is 10.2 Å². The molecular formula is C15H23FN2. The number of rotatable bonds is 5. The van der Waals surface area contributed by atoms with Crippen LogP contribution in [0.4, 0.5) is 10.1 Å². The standard InChI is InChI=1S/C15H23FN2/c1-18(15-8-3-2-4-9-15)11-10-17-14-7-5-6-13(16)12-14/h5-7,12,15,17H,2-4,8-11H2,1H3. The van der Waals surface area contributed by atoms with Gasteiger partial charge in [-0.1, -0.05) is 25.3 Å². The Morgan fingerprint density at radius 3 is 2.78 bits per heavy atom. The second-order valence-corrected chi connectivity index (χ2v) is 5.21. The van der Waals surface area contributed by atoms with Crippen LogP contribution in [0, 0.1) is 5.82 Å². The molecule has 0 radical (unpaired) electrons. The molecule has 2 rings (SSSR count). The van der Waals surface area contributed by atoms with Gasteiger partial charge in [0.1, 0.15) is 5.82 Å². The van der Waals surface area contributed by atoms with Crippen LogP contribution in [0.25, 0.3) is 0 Å². The molecule has 1 N–H and O–H groups in total. The van der Waals surface area contributed by atoms with Crippen LogP contribution < -0.4 is 5.32 Å². The van der Waals surface area contributed by atoms with E-state index in [1.807, 2.05) is 6.07 Å². The third-order valence-corrected chi connectivity index (χ3v) is 3.82. The fourth-order valence-electron chi connectivity index (χ4n) is 2.68. The van der Waals surface area contributed by atoms with Crippen molar-refractivity contribution in [2.75, 3.05) is 25.5 Å². The molecule has 0 saturated heterocycles. The topological polar surface area (TPSA) is 15.3 Å². The summed E-state index contributed by atoms with van der Waals surface area (Å²) in [5.41, 5.74) is 0.868. The Hall–Kier alpha value is -1.09. The first-order chi connectivity index (χ1) is 8.75. The summed E-state index contributed by atoms with van der Waals surface area (Å²) in [4.78, 5) is 2.44. The van der Waals surface area contributed by atoms with E-state index in [4.69, 9.17) is 0 Å². The molecule has 1 aromatic rings. The first kappa shape index (κ1) is 13.3. The van der Waals surface area contributed by atoms with Crippen LogP contribution in [-0.4, -0.2) is 31.1 Å². The van der Waals surface area contributed by atoms with Crippen molar-refractivity contribution in [3.8, 4) is 0 Å². The quantitative estimate of drug-likeness (QED) is 0.860. The predicted molar refractivity (Wildman–Crippen MR) is 74.4 cm³/mol. The van der Waals surface area contributed by atoms with Crippen LogP contribution in [0.5, 0.6) is 0 Å². The van der Waals surface area contributed by atoms with Crippen LogP contribution in [-0.2, 0) is 0 Å². The van der Waals surface area contributed by atoms with Crippen LogP contribution in [0.2, 0.25) is 0 Å². The molecule has 0 amide bonds. The largest absolute Gasteiger partial charge is 0.384 e. The third-order valence-electron chi connectivity index (χ3n) is 3.82. The number of nitrogens with one attached hydrogen (secondary N) is 1. The molecule has 3 heteroatoms. The average molecular weight is 250 g/mol. The van der Waals surface area contributed by atoms with Gasteiger partial charge in [0.25, 0.3) is 0 Å². The average Bonchev–Trinajstić information content (AvgIpc) is 2.40. The van der Waals surface area contributed by atoms with Crippen LogP contribution in [0.15, 0.2) is 24.3 Å². The number of anilines is 1. The number of hydrogen-bond acceptors (Lipinski definition) is 2. The Bertz CT molecular complexity index is 361. The van der Waals surface area contributed by atoms with E-state index in [1.165, 1.54) is 38.2 Å². The minimum absolute atomic E-state index is 0.180. The number of hydrogen-bond donors (Lipinski definition) is 1. The second kappa shape index (κ2) is 6.74. The van der Waals surface area contributed by atoms with Crippen molar-refractivity contribution in [2.45, 2.75) is 38.1 Å². The first-order valence-corrected chi connectivity index (χ1v) is 6.95. The van der Waals surface area contributed by atoms with Crippen molar-refractivity contribution >= 4 is 5.69 Å². The number of nitrogens with zero attached hydrogens (tertiary/aromatic N) is 1. The molecule has 1 aromatic carbocycles. The van der Waals surface area contributed by atoms with Gasteiger partial charge in [0, 0.05) is 24.8 Å². The highest BCUT2D eigenvalue weighted by molar-refractivity contribution is 5.42. The normalized spacial score (nSPS) is 17.1. The Kier molecular flexibility index (Phi) is 5.00. The van der Waals surface area contributed by atoms with Crippen molar-refractivity contribution in [1.29, 1.82) is 0 Å². The van der Waals surface area contributed by atoms with Crippen LogP contribution >= 0.6 is 0 Å². The zero-order valence-corrected chi connectivity index (χ0v) is 11.2. The van der Waals surface area contributed by atoms with E-state index >= 15 is 0 Å². The molecule has 1 aliphatic rings. The van der Waals surface area contributed by atoms with Crippen molar-refractivity contribution in [3.63, 3.8) is 0 Å². The Morgan fingerprint density at radius 1 is 1.28 bits per heavy atom. The molecule has 0 heterocycles. The fourth-order valence-corrected chi connectivity index (χ4v) is 2.68. The molecule has 1 fully saturated rings. The summed E-state index contributed by atoms with van der Waals surface area (Å²) >= 11 is 0. The van der Waals surface area contributed by atoms with E-state index in [0.29, 0.717) is 0 Å². The molecule has 18 heavy (non-hydrogen) atoms. The van der Waals surface area contributed by atoms with Gasteiger partial charge in [0.2, 0.25) is 0 Å². The first-order valence-electron chi connectivity index (χ1n) is 6.95. The zero-order valence-electron chi connectivity index (χ0n) is 11.2. The smallest absolute Gasteiger partial charge is 0.125 e. The number of halogens is 1. The molecular weight excluding hydrogens is 227 g/mol. The summed E-state index contributed by atoms with van der Waals surface area (Å²) in [6.45, 7) is 1.89. The van der Waals surface area contributed by atoms with Crippen molar-refractivity contribution in [2.24, 2.45) is 0 Å². The van der Waals surface area contributed by atoms with E-state index in [0.717, 1.165) is 24.8 Å². The van der Waals surface area contributed by atoms with E-state index in [2.05, 4.69) is 17.3 Å². The van der Waals surface area contributed by atoms with Crippen molar-refractivity contribution < 1.29 is 4.39 Å². The van der Waals surface area contributed by atoms with E-state index in [1.54, 1.807) is 12.1 Å². The fraction of sp³-hybridized carbons (Fsp3) is 0.600. The molecule has 0 aromatic heterocycles. The number of benzene rings is 1. The summed E-state index contributed by atoms with van der Waals surface area (Å²) in [7, 11) is 2.20. The van der Waals surface area contributed by atoms with Gasteiger partial charge in [-0.2, -0.15) is 0 Å². The molecule has 0 bridgehead atoms. The lowest BCUT2D eigenvalue weighted by atomic mass is 9.94. The summed E-state index contributed by atoms with van der Waals surface area (Å²) in [6, 6.07) is 7.40. The lowest BCUT2D eigenvalue weighted by molar-refractivity contribution is 0.198. The molecule has 0 spiro atoms. The molecule has 0 aliphatic heterocycles. The van der Waals surface area contributed by atoms with Gasteiger partial charge in [0.05, 0.1) is 0 Å². The Labute approximate surface area is 109 Å². The molecule has 100 valence electrons. The SMILES string of the molecule is CN(CCNc1cccc(F)c1)C1CCCCC1. The summed E-state index contributed by atoms with van der Waals surface area (Å²) in [5.74, 6) is -0.180. The van der Waals surface area contributed by atoms with E-state index in [-0.39, 0.29) is 5.82 Å². The van der Waals surface area contributed by atoms with E-state index in [9.17, 15) is 4.39 Å². The molecule has 1 saturated carbocycles. The molecule has 1 aliphatic carbocycles. The Balaban J connectivity index is 1.71. The Morgan fingerprint density at radius 2 is 2.06 bits per heavy atom. The maximum atomic E-state index is 13.0. The zero-order chi connectivity index (χ0) is 12.8. The van der Waals surface area contributed by atoms with Gasteiger partial charge in [0.15, 0.2) is 0 Å². The highest BCUT2D eigenvalue weighted by atomic mass is 19.1. The predicted octanol–water partition coefficient (Wildman–Crippen LogP) is 3.50. The number of likely N-dealkylation sites (N-methyl/N-ethyl adjacent to an activating group) is 1. The van der Waals surface area contributed by atoms with Crippen molar-refractivity contribution in [3.05, 3.63) is 30.1 Å². The molecule has 2 nitrogen and oxygen atoms in total. The van der Waals surface area contributed by atoms with E-state index < -0.39 is 0 Å². The lowest BCUT2D eigenvalue weighted by Crippen LogP contribution is -2.36. The van der Waals surface area contributed by atoms with Gasteiger partial charge in [-0.25, -0.2) is 4.39 Å². The maximum absolute atomic E-state index is 13.0. The third kappa shape index (κ3) is 3.98. The van der Waals surface area contributed by atoms with Gasteiger partial charge in [-0.05, 0) is 38.1 Å². The van der Waals surface area contributed by atoms with Crippen LogP contribution in [0.1, 0.15) is 32.1 Å². The minimum Gasteiger partial charge on any atom is -0.384 e. The molecule has 0 unspecified atom stereocenters. The minimum atomic E-state index is -0.180. The summed E-state index contributed by atoms with van der Waals surface area (Å²) in [5, 5.41) is 3.27. The summed E-state index contributed by atoms with van der Waals surface area (Å²) in [6.07, 6.45) is 6.79. The van der Waals surface area contributed by atoms with Gasteiger partial charge >= 0.3 is 0 Å². The maximum Gasteiger partial charge on any atom is 0.125 e. The second-order valence-electron chi connectivity index (χ2n) is 5.21.